The Hall–Kier alpha value is -1.89. The molecular weight excluding hydrogens is 338 g/mol. The van der Waals surface area contributed by atoms with Crippen molar-refractivity contribution >= 4 is 17.5 Å². The summed E-state index contributed by atoms with van der Waals surface area (Å²) >= 11 is 5.94. The van der Waals surface area contributed by atoms with E-state index in [0.29, 0.717) is 24.2 Å². The lowest BCUT2D eigenvalue weighted by Crippen LogP contribution is -2.38. The van der Waals surface area contributed by atoms with E-state index in [0.717, 1.165) is 36.3 Å². The molecule has 0 radical (unpaired) electrons. The normalized spacial score (nSPS) is 18.0. The number of benzene rings is 1. The summed E-state index contributed by atoms with van der Waals surface area (Å²) in [5, 5.41) is 10.8. The monoisotopic (exact) mass is 361 g/mol. The van der Waals surface area contributed by atoms with Gasteiger partial charge in [0, 0.05) is 36.3 Å². The molecule has 0 spiro atoms. The highest BCUT2D eigenvalue weighted by atomic mass is 35.5. The van der Waals surface area contributed by atoms with Gasteiger partial charge >= 0.3 is 0 Å². The number of rotatable bonds is 6. The number of hydrogen-bond acceptors (Lipinski definition) is 4. The van der Waals surface area contributed by atoms with Crippen molar-refractivity contribution in [3.63, 3.8) is 0 Å². The van der Waals surface area contributed by atoms with Gasteiger partial charge in [-0.2, -0.15) is 5.10 Å². The number of aromatic nitrogens is 2. The number of carbonyl (C=O) groups is 1. The van der Waals surface area contributed by atoms with Gasteiger partial charge in [-0.25, -0.2) is 0 Å². The molecule has 134 valence electrons. The topological polar surface area (TPSA) is 64.3 Å². The molecule has 0 saturated carbocycles. The van der Waals surface area contributed by atoms with E-state index >= 15 is 0 Å². The van der Waals surface area contributed by atoms with Crippen LogP contribution in [0.2, 0.25) is 5.02 Å². The minimum absolute atomic E-state index is 0.0441. The Morgan fingerprint density at radius 3 is 2.84 bits per heavy atom. The minimum Gasteiger partial charge on any atom is -0.351 e. The minimum atomic E-state index is 0.0441. The molecule has 6 nitrogen and oxygen atoms in total. The fourth-order valence-corrected chi connectivity index (χ4v) is 3.27. The molecule has 1 unspecified atom stereocenters. The van der Waals surface area contributed by atoms with Gasteiger partial charge in [0.25, 0.3) is 0 Å². The molecule has 0 aliphatic carbocycles. The largest absolute Gasteiger partial charge is 0.351 e. The maximum atomic E-state index is 12.2. The van der Waals surface area contributed by atoms with Crippen molar-refractivity contribution in [3.05, 3.63) is 41.0 Å². The first kappa shape index (κ1) is 17.9. The molecule has 0 bridgehead atoms. The van der Waals surface area contributed by atoms with E-state index in [1.807, 2.05) is 24.3 Å². The van der Waals surface area contributed by atoms with Crippen LogP contribution in [0.15, 0.2) is 30.5 Å². The number of halogens is 1. The fourth-order valence-electron chi connectivity index (χ4n) is 3.14. The molecule has 1 saturated heterocycles. The maximum Gasteiger partial charge on any atom is 0.234 e. The Kier molecular flexibility index (Phi) is 5.73. The summed E-state index contributed by atoms with van der Waals surface area (Å²) < 4.78 is 0. The molecule has 1 aliphatic rings. The molecule has 2 N–H and O–H groups in total. The van der Waals surface area contributed by atoms with Crippen molar-refractivity contribution in [2.45, 2.75) is 19.0 Å². The molecule has 1 aromatic carbocycles. The van der Waals surface area contributed by atoms with Gasteiger partial charge in [0.1, 0.15) is 0 Å². The third-order valence-corrected chi connectivity index (χ3v) is 4.92. The van der Waals surface area contributed by atoms with Crippen molar-refractivity contribution in [3.8, 4) is 11.3 Å². The van der Waals surface area contributed by atoms with Gasteiger partial charge < -0.3 is 10.2 Å². The number of nitrogens with one attached hydrogen (secondary N) is 2. The Bertz CT molecular complexity index is 713. The van der Waals surface area contributed by atoms with Gasteiger partial charge in [0.05, 0.1) is 18.4 Å². The zero-order valence-electron chi connectivity index (χ0n) is 14.6. The van der Waals surface area contributed by atoms with E-state index < -0.39 is 0 Å². The van der Waals surface area contributed by atoms with Crippen molar-refractivity contribution in [1.29, 1.82) is 0 Å². The lowest BCUT2D eigenvalue weighted by Gasteiger charge is -2.20. The van der Waals surface area contributed by atoms with E-state index in [1.165, 1.54) is 0 Å². The van der Waals surface area contributed by atoms with Gasteiger partial charge in [-0.1, -0.05) is 23.7 Å². The average Bonchev–Trinajstić information content (AvgIpc) is 3.23. The highest BCUT2D eigenvalue weighted by Gasteiger charge is 2.25. The summed E-state index contributed by atoms with van der Waals surface area (Å²) in [5.41, 5.74) is 2.87. The highest BCUT2D eigenvalue weighted by molar-refractivity contribution is 6.30. The first-order chi connectivity index (χ1) is 12.0. The molecule has 2 heterocycles. The van der Waals surface area contributed by atoms with E-state index in [1.54, 1.807) is 6.20 Å². The SMILES string of the molecule is CN(C)C1CCN(CC(=O)NCc2cn[nH]c2-c2ccc(Cl)cc2)C1. The van der Waals surface area contributed by atoms with Crippen LogP contribution in [0.4, 0.5) is 0 Å². The van der Waals surface area contributed by atoms with Gasteiger partial charge in [0.2, 0.25) is 5.91 Å². The van der Waals surface area contributed by atoms with Gasteiger partial charge in [-0.15, -0.1) is 0 Å². The second-order valence-corrected chi connectivity index (χ2v) is 7.13. The lowest BCUT2D eigenvalue weighted by molar-refractivity contribution is -0.122. The third-order valence-electron chi connectivity index (χ3n) is 4.67. The Labute approximate surface area is 153 Å². The van der Waals surface area contributed by atoms with E-state index in [-0.39, 0.29) is 5.91 Å². The quantitative estimate of drug-likeness (QED) is 0.825. The summed E-state index contributed by atoms with van der Waals surface area (Å²) in [6, 6.07) is 8.10. The Morgan fingerprint density at radius 1 is 1.40 bits per heavy atom. The van der Waals surface area contributed by atoms with Crippen molar-refractivity contribution in [1.82, 2.24) is 25.3 Å². The first-order valence-corrected chi connectivity index (χ1v) is 8.84. The second kappa shape index (κ2) is 7.99. The molecule has 1 atom stereocenters. The van der Waals surface area contributed by atoms with Crippen LogP contribution in [0.5, 0.6) is 0 Å². The molecule has 25 heavy (non-hydrogen) atoms. The predicted molar refractivity (Wildman–Crippen MR) is 99.4 cm³/mol. The van der Waals surface area contributed by atoms with Crippen LogP contribution in [0.3, 0.4) is 0 Å². The standard InChI is InChI=1S/C18H24ClN5O/c1-23(2)16-7-8-24(11-16)12-17(25)20-9-14-10-21-22-18(14)13-3-5-15(19)6-4-13/h3-6,10,16H,7-9,11-12H2,1-2H3,(H,20,25)(H,21,22). The third kappa shape index (κ3) is 4.60. The van der Waals surface area contributed by atoms with Crippen LogP contribution < -0.4 is 5.32 Å². The van der Waals surface area contributed by atoms with E-state index in [2.05, 4.69) is 39.4 Å². The second-order valence-electron chi connectivity index (χ2n) is 6.70. The summed E-state index contributed by atoms with van der Waals surface area (Å²) in [7, 11) is 4.18. The Morgan fingerprint density at radius 2 is 2.16 bits per heavy atom. The number of carbonyl (C=O) groups excluding carboxylic acids is 1. The van der Waals surface area contributed by atoms with E-state index in [4.69, 9.17) is 11.6 Å². The smallest absolute Gasteiger partial charge is 0.234 e. The summed E-state index contributed by atoms with van der Waals surface area (Å²) in [5.74, 6) is 0.0441. The van der Waals surface area contributed by atoms with Crippen LogP contribution >= 0.6 is 11.6 Å². The molecular formula is C18H24ClN5O. The van der Waals surface area contributed by atoms with Gasteiger partial charge in [-0.05, 0) is 38.2 Å². The first-order valence-electron chi connectivity index (χ1n) is 8.46. The number of aromatic amines is 1. The summed E-state index contributed by atoms with van der Waals surface area (Å²) in [6.45, 7) is 2.82. The number of amides is 1. The van der Waals surface area contributed by atoms with Crippen LogP contribution in [-0.4, -0.2) is 65.7 Å². The number of likely N-dealkylation sites (N-methyl/N-ethyl adjacent to an activating group) is 1. The predicted octanol–water partition coefficient (Wildman–Crippen LogP) is 1.98. The average molecular weight is 362 g/mol. The zero-order valence-corrected chi connectivity index (χ0v) is 15.4. The molecule has 1 amide bonds. The number of nitrogens with zero attached hydrogens (tertiary/aromatic N) is 3. The molecule has 1 aromatic heterocycles. The Balaban J connectivity index is 1.53. The highest BCUT2D eigenvalue weighted by Crippen LogP contribution is 2.22. The summed E-state index contributed by atoms with van der Waals surface area (Å²) in [4.78, 5) is 16.7. The van der Waals surface area contributed by atoms with Crippen LogP contribution in [0.25, 0.3) is 11.3 Å². The maximum absolute atomic E-state index is 12.2. The molecule has 7 heteroatoms. The van der Waals surface area contributed by atoms with Crippen LogP contribution in [-0.2, 0) is 11.3 Å². The van der Waals surface area contributed by atoms with Gasteiger partial charge in [0.15, 0.2) is 0 Å². The number of likely N-dealkylation sites (tertiary alicyclic amines) is 1. The van der Waals surface area contributed by atoms with Crippen molar-refractivity contribution in [2.24, 2.45) is 0 Å². The molecule has 1 aliphatic heterocycles. The van der Waals surface area contributed by atoms with Crippen molar-refractivity contribution < 1.29 is 4.79 Å². The zero-order chi connectivity index (χ0) is 17.8. The van der Waals surface area contributed by atoms with Crippen LogP contribution in [0.1, 0.15) is 12.0 Å². The lowest BCUT2D eigenvalue weighted by atomic mass is 10.1. The number of hydrogen-bond donors (Lipinski definition) is 2. The van der Waals surface area contributed by atoms with Crippen LogP contribution in [0, 0.1) is 0 Å². The number of H-pyrrole nitrogens is 1. The summed E-state index contributed by atoms with van der Waals surface area (Å²) in [6.07, 6.45) is 2.87. The van der Waals surface area contributed by atoms with E-state index in [9.17, 15) is 4.79 Å². The molecule has 3 rings (SSSR count). The van der Waals surface area contributed by atoms with Gasteiger partial charge in [-0.3, -0.25) is 14.8 Å². The molecule has 2 aromatic rings. The van der Waals surface area contributed by atoms with Crippen molar-refractivity contribution in [2.75, 3.05) is 33.7 Å². The fraction of sp³-hybridized carbons (Fsp3) is 0.444. The molecule has 1 fully saturated rings.